The molecule has 0 spiro atoms. The third-order valence-electron chi connectivity index (χ3n) is 5.64. The molecule has 3 heterocycles. The Hall–Kier alpha value is -1.92. The summed E-state index contributed by atoms with van der Waals surface area (Å²) in [4.78, 5) is 39.9. The number of likely N-dealkylation sites (tertiary alicyclic amines) is 1. The van der Waals surface area contributed by atoms with Crippen LogP contribution in [-0.4, -0.2) is 60.7 Å². The monoisotopic (exact) mass is 363 g/mol. The lowest BCUT2D eigenvalue weighted by atomic mass is 9.92. The fourth-order valence-electron chi connectivity index (χ4n) is 4.10. The lowest BCUT2D eigenvalue weighted by Crippen LogP contribution is -2.32. The maximum atomic E-state index is 12.8. The first kappa shape index (κ1) is 17.9. The zero-order valence-corrected chi connectivity index (χ0v) is 15.0. The number of amides is 3. The van der Waals surface area contributed by atoms with Crippen LogP contribution in [0.2, 0.25) is 0 Å². The van der Waals surface area contributed by atoms with E-state index in [0.717, 1.165) is 43.9 Å². The highest BCUT2D eigenvalue weighted by molar-refractivity contribution is 6.21. The molecule has 3 amide bonds. The Labute approximate surface area is 153 Å². The molecule has 0 unspecified atom stereocenters. The van der Waals surface area contributed by atoms with Crippen molar-refractivity contribution in [2.75, 3.05) is 33.2 Å². The lowest BCUT2D eigenvalue weighted by Gasteiger charge is -2.21. The second kappa shape index (κ2) is 6.77. The van der Waals surface area contributed by atoms with E-state index in [2.05, 4.69) is 5.32 Å². The molecule has 0 saturated carbocycles. The molecular formula is C18H22ClN3O3. The van der Waals surface area contributed by atoms with Crippen LogP contribution in [0.15, 0.2) is 18.2 Å². The van der Waals surface area contributed by atoms with Gasteiger partial charge in [0.2, 0.25) is 0 Å². The van der Waals surface area contributed by atoms with E-state index in [1.807, 2.05) is 4.90 Å². The number of benzene rings is 1. The standard InChI is InChI=1S/C18H21N3O3.ClH/c1-20-17(23)14-3-2-11(8-15(14)18(20)24)16(22)21-6-4-12-9-19-10-13(12)5-7-21;/h2-3,8,12-13,19H,4-7,9-10H2,1H3;1H/t12-,13+;. The Morgan fingerprint density at radius 1 is 1.04 bits per heavy atom. The van der Waals surface area contributed by atoms with Crippen LogP contribution in [0.4, 0.5) is 0 Å². The molecule has 0 aliphatic carbocycles. The summed E-state index contributed by atoms with van der Waals surface area (Å²) >= 11 is 0. The predicted molar refractivity (Wildman–Crippen MR) is 95.1 cm³/mol. The van der Waals surface area contributed by atoms with Crippen LogP contribution in [0.25, 0.3) is 0 Å². The fraction of sp³-hybridized carbons (Fsp3) is 0.500. The van der Waals surface area contributed by atoms with Crippen molar-refractivity contribution in [1.82, 2.24) is 15.1 Å². The van der Waals surface area contributed by atoms with Crippen molar-refractivity contribution >= 4 is 30.1 Å². The second-order valence-electron chi connectivity index (χ2n) is 6.98. The van der Waals surface area contributed by atoms with Gasteiger partial charge in [-0.15, -0.1) is 12.4 Å². The number of halogens is 1. The third-order valence-corrected chi connectivity index (χ3v) is 5.64. The summed E-state index contributed by atoms with van der Waals surface area (Å²) in [6.07, 6.45) is 2.04. The summed E-state index contributed by atoms with van der Waals surface area (Å²) in [5, 5.41) is 3.43. The molecular weight excluding hydrogens is 342 g/mol. The first-order valence-corrected chi connectivity index (χ1v) is 8.52. The minimum Gasteiger partial charge on any atom is -0.339 e. The van der Waals surface area contributed by atoms with Gasteiger partial charge < -0.3 is 10.2 Å². The van der Waals surface area contributed by atoms with Crippen molar-refractivity contribution in [3.05, 3.63) is 34.9 Å². The Balaban J connectivity index is 0.00000182. The molecule has 0 bridgehead atoms. The Kier molecular flexibility index (Phi) is 4.84. The molecule has 0 aromatic heterocycles. The molecule has 2 atom stereocenters. The van der Waals surface area contributed by atoms with Crippen LogP contribution in [0.3, 0.4) is 0 Å². The zero-order valence-electron chi connectivity index (χ0n) is 14.2. The number of nitrogens with zero attached hydrogens (tertiary/aromatic N) is 2. The summed E-state index contributed by atoms with van der Waals surface area (Å²) in [5.41, 5.74) is 1.22. The highest BCUT2D eigenvalue weighted by Gasteiger charge is 2.35. The first-order valence-electron chi connectivity index (χ1n) is 8.52. The largest absolute Gasteiger partial charge is 0.339 e. The van der Waals surface area contributed by atoms with E-state index in [0.29, 0.717) is 28.5 Å². The molecule has 1 aromatic rings. The van der Waals surface area contributed by atoms with Gasteiger partial charge in [-0.05, 0) is 56.0 Å². The normalized spacial score (nSPS) is 25.3. The molecule has 25 heavy (non-hydrogen) atoms. The third kappa shape index (κ3) is 2.93. The van der Waals surface area contributed by atoms with Crippen molar-refractivity contribution in [2.24, 2.45) is 11.8 Å². The van der Waals surface area contributed by atoms with Crippen molar-refractivity contribution in [2.45, 2.75) is 12.8 Å². The number of hydrogen-bond acceptors (Lipinski definition) is 4. The van der Waals surface area contributed by atoms with Crippen molar-refractivity contribution < 1.29 is 14.4 Å². The van der Waals surface area contributed by atoms with Crippen LogP contribution < -0.4 is 5.32 Å². The summed E-state index contributed by atoms with van der Waals surface area (Å²) < 4.78 is 0. The number of nitrogens with one attached hydrogen (secondary N) is 1. The molecule has 7 heteroatoms. The first-order chi connectivity index (χ1) is 11.6. The van der Waals surface area contributed by atoms with Gasteiger partial charge in [0.25, 0.3) is 17.7 Å². The summed E-state index contributed by atoms with van der Waals surface area (Å²) in [7, 11) is 1.47. The summed E-state index contributed by atoms with van der Waals surface area (Å²) in [6, 6.07) is 4.84. The van der Waals surface area contributed by atoms with Gasteiger partial charge in [-0.3, -0.25) is 19.3 Å². The average Bonchev–Trinajstić information content (AvgIpc) is 3.06. The molecule has 1 N–H and O–H groups in total. The van der Waals surface area contributed by atoms with E-state index in [-0.39, 0.29) is 30.1 Å². The van der Waals surface area contributed by atoms with Gasteiger partial charge >= 0.3 is 0 Å². The van der Waals surface area contributed by atoms with Crippen molar-refractivity contribution in [3.8, 4) is 0 Å². The molecule has 2 fully saturated rings. The van der Waals surface area contributed by atoms with Crippen LogP contribution >= 0.6 is 12.4 Å². The molecule has 6 nitrogen and oxygen atoms in total. The number of carbonyl (C=O) groups is 3. The number of fused-ring (bicyclic) bond motifs is 2. The number of imide groups is 1. The Morgan fingerprint density at radius 2 is 1.64 bits per heavy atom. The van der Waals surface area contributed by atoms with Crippen LogP contribution in [0.1, 0.15) is 43.9 Å². The van der Waals surface area contributed by atoms with Crippen LogP contribution in [0.5, 0.6) is 0 Å². The minimum absolute atomic E-state index is 0. The maximum Gasteiger partial charge on any atom is 0.261 e. The second-order valence-corrected chi connectivity index (χ2v) is 6.98. The topological polar surface area (TPSA) is 69.7 Å². The van der Waals surface area contributed by atoms with Gasteiger partial charge in [-0.25, -0.2) is 0 Å². The highest BCUT2D eigenvalue weighted by Crippen LogP contribution is 2.28. The van der Waals surface area contributed by atoms with Crippen molar-refractivity contribution in [1.29, 1.82) is 0 Å². The summed E-state index contributed by atoms with van der Waals surface area (Å²) in [5.74, 6) is 0.650. The van der Waals surface area contributed by atoms with E-state index in [1.165, 1.54) is 7.05 Å². The van der Waals surface area contributed by atoms with Crippen LogP contribution in [-0.2, 0) is 0 Å². The zero-order chi connectivity index (χ0) is 16.8. The Bertz CT molecular complexity index is 722. The molecule has 134 valence electrons. The predicted octanol–water partition coefficient (Wildman–Crippen LogP) is 1.41. The van der Waals surface area contributed by atoms with E-state index < -0.39 is 0 Å². The van der Waals surface area contributed by atoms with E-state index in [9.17, 15) is 14.4 Å². The molecule has 3 aliphatic rings. The van der Waals surface area contributed by atoms with Gasteiger partial charge in [0, 0.05) is 25.7 Å². The molecule has 4 rings (SSSR count). The lowest BCUT2D eigenvalue weighted by molar-refractivity contribution is 0.0692. The average molecular weight is 364 g/mol. The van der Waals surface area contributed by atoms with Gasteiger partial charge in [-0.1, -0.05) is 0 Å². The molecule has 1 aromatic carbocycles. The van der Waals surface area contributed by atoms with E-state index in [4.69, 9.17) is 0 Å². The quantitative estimate of drug-likeness (QED) is 0.766. The Morgan fingerprint density at radius 3 is 2.28 bits per heavy atom. The van der Waals surface area contributed by atoms with Gasteiger partial charge in [-0.2, -0.15) is 0 Å². The summed E-state index contributed by atoms with van der Waals surface area (Å²) in [6.45, 7) is 3.61. The fourth-order valence-corrected chi connectivity index (χ4v) is 4.10. The highest BCUT2D eigenvalue weighted by atomic mass is 35.5. The number of rotatable bonds is 1. The number of hydrogen-bond donors (Lipinski definition) is 1. The smallest absolute Gasteiger partial charge is 0.261 e. The SMILES string of the molecule is CN1C(=O)c2ccc(C(=O)N3CC[C@@H]4CNC[C@@H]4CC3)cc2C1=O.Cl. The maximum absolute atomic E-state index is 12.8. The van der Waals surface area contributed by atoms with Gasteiger partial charge in [0.15, 0.2) is 0 Å². The van der Waals surface area contributed by atoms with Crippen LogP contribution in [0, 0.1) is 11.8 Å². The molecule has 0 radical (unpaired) electrons. The minimum atomic E-state index is -0.332. The molecule has 3 aliphatic heterocycles. The van der Waals surface area contributed by atoms with Crippen molar-refractivity contribution in [3.63, 3.8) is 0 Å². The van der Waals surface area contributed by atoms with Gasteiger partial charge in [0.05, 0.1) is 11.1 Å². The van der Waals surface area contributed by atoms with E-state index >= 15 is 0 Å². The number of carbonyl (C=O) groups excluding carboxylic acids is 3. The molecule has 2 saturated heterocycles. The van der Waals surface area contributed by atoms with E-state index in [1.54, 1.807) is 18.2 Å². The van der Waals surface area contributed by atoms with Gasteiger partial charge in [0.1, 0.15) is 0 Å².